The zero-order valence-electron chi connectivity index (χ0n) is 21.5. The number of nitrogens with one attached hydrogen (secondary N) is 1. The molecule has 37 heavy (non-hydrogen) atoms. The number of likely N-dealkylation sites (N-methyl/N-ethyl adjacent to an activating group) is 1. The molecule has 0 fully saturated rings. The van der Waals surface area contributed by atoms with Crippen molar-refractivity contribution in [1.29, 1.82) is 0 Å². The van der Waals surface area contributed by atoms with Crippen LogP contribution in [-0.4, -0.2) is 70.6 Å². The second-order valence-corrected chi connectivity index (χ2v) is 9.68. The monoisotopic (exact) mass is 502 g/mol. The molecule has 8 nitrogen and oxygen atoms in total. The third kappa shape index (κ3) is 6.34. The van der Waals surface area contributed by atoms with Crippen LogP contribution < -0.4 is 10.1 Å². The highest BCUT2D eigenvalue weighted by molar-refractivity contribution is 6.07. The first-order valence-corrected chi connectivity index (χ1v) is 12.5. The number of benzene rings is 2. The summed E-state index contributed by atoms with van der Waals surface area (Å²) in [6.45, 7) is 5.53. The maximum absolute atomic E-state index is 13.6. The van der Waals surface area contributed by atoms with Crippen molar-refractivity contribution in [3.63, 3.8) is 0 Å². The molecular formula is C29H34N4O4. The van der Waals surface area contributed by atoms with Crippen LogP contribution in [0.2, 0.25) is 0 Å². The molecule has 1 aromatic heterocycles. The Kier molecular flexibility index (Phi) is 8.53. The highest BCUT2D eigenvalue weighted by Gasteiger charge is 2.34. The summed E-state index contributed by atoms with van der Waals surface area (Å²) in [5.74, 6) is -0.247. The van der Waals surface area contributed by atoms with E-state index >= 15 is 0 Å². The molecule has 1 aliphatic heterocycles. The molecule has 0 saturated heterocycles. The van der Waals surface area contributed by atoms with E-state index in [-0.39, 0.29) is 36.5 Å². The summed E-state index contributed by atoms with van der Waals surface area (Å²) in [7, 11) is 2.04. The van der Waals surface area contributed by atoms with Crippen molar-refractivity contribution < 1.29 is 19.4 Å². The van der Waals surface area contributed by atoms with E-state index in [9.17, 15) is 14.7 Å². The van der Waals surface area contributed by atoms with Gasteiger partial charge >= 0.3 is 0 Å². The van der Waals surface area contributed by atoms with Crippen molar-refractivity contribution in [2.75, 3.05) is 32.1 Å². The van der Waals surface area contributed by atoms with Crippen LogP contribution in [-0.2, 0) is 6.54 Å². The Labute approximate surface area is 217 Å². The van der Waals surface area contributed by atoms with Crippen LogP contribution in [0.4, 0.5) is 5.69 Å². The first kappa shape index (κ1) is 26.3. The SMILES string of the molecule is C[C@@H]1CN([C@@H](C)CO)C(=O)c2cccc(NC(=O)c3ccncc3)c2O[C@H]1CN(C)Cc1ccccc1. The zero-order valence-corrected chi connectivity index (χ0v) is 21.5. The number of hydrogen-bond acceptors (Lipinski definition) is 6. The summed E-state index contributed by atoms with van der Waals surface area (Å²) >= 11 is 0. The molecule has 0 aliphatic carbocycles. The first-order valence-electron chi connectivity index (χ1n) is 12.5. The largest absolute Gasteiger partial charge is 0.486 e. The number of aromatic nitrogens is 1. The third-order valence-corrected chi connectivity index (χ3v) is 6.67. The summed E-state index contributed by atoms with van der Waals surface area (Å²) in [6.07, 6.45) is 2.84. The van der Waals surface area contributed by atoms with Crippen LogP contribution in [0.5, 0.6) is 5.75 Å². The van der Waals surface area contributed by atoms with Gasteiger partial charge < -0.3 is 20.1 Å². The van der Waals surface area contributed by atoms with Gasteiger partial charge in [0.2, 0.25) is 0 Å². The predicted molar refractivity (Wildman–Crippen MR) is 143 cm³/mol. The van der Waals surface area contributed by atoms with Crippen molar-refractivity contribution in [3.05, 3.63) is 89.7 Å². The van der Waals surface area contributed by atoms with Gasteiger partial charge in [0.25, 0.3) is 11.8 Å². The van der Waals surface area contributed by atoms with Gasteiger partial charge in [-0.25, -0.2) is 0 Å². The number of fused-ring (bicyclic) bond motifs is 1. The normalized spacial score (nSPS) is 18.4. The van der Waals surface area contributed by atoms with Crippen LogP contribution in [0.15, 0.2) is 73.1 Å². The van der Waals surface area contributed by atoms with E-state index in [1.54, 1.807) is 47.6 Å². The molecule has 0 unspecified atom stereocenters. The standard InChI is InChI=1S/C29H34N4O4/c1-20-16-33(21(2)19-34)29(36)24-10-7-11-25(31-28(35)23-12-14-30-15-13-23)27(24)37-26(20)18-32(3)17-22-8-5-4-6-9-22/h4-15,20-21,26,34H,16-19H2,1-3H3,(H,31,35)/t20-,21+,26+/m1/s1. The number of amides is 2. The average molecular weight is 503 g/mol. The molecule has 2 aromatic carbocycles. The van der Waals surface area contributed by atoms with E-state index in [1.165, 1.54) is 5.56 Å². The molecular weight excluding hydrogens is 468 g/mol. The smallest absolute Gasteiger partial charge is 0.258 e. The fraction of sp³-hybridized carbons (Fsp3) is 0.345. The Morgan fingerprint density at radius 3 is 2.59 bits per heavy atom. The first-order chi connectivity index (χ1) is 17.9. The molecule has 194 valence electrons. The minimum Gasteiger partial charge on any atom is -0.486 e. The predicted octanol–water partition coefficient (Wildman–Crippen LogP) is 3.69. The molecule has 3 aromatic rings. The van der Waals surface area contributed by atoms with E-state index in [0.717, 1.165) is 6.54 Å². The summed E-state index contributed by atoms with van der Waals surface area (Å²) < 4.78 is 6.58. The van der Waals surface area contributed by atoms with E-state index in [0.29, 0.717) is 35.7 Å². The third-order valence-electron chi connectivity index (χ3n) is 6.67. The van der Waals surface area contributed by atoms with Crippen LogP contribution in [0.3, 0.4) is 0 Å². The Balaban J connectivity index is 1.67. The Morgan fingerprint density at radius 2 is 1.89 bits per heavy atom. The van der Waals surface area contributed by atoms with Crippen molar-refractivity contribution in [2.45, 2.75) is 32.5 Å². The number of para-hydroxylation sites is 1. The lowest BCUT2D eigenvalue weighted by atomic mass is 9.98. The molecule has 1 aliphatic rings. The highest BCUT2D eigenvalue weighted by atomic mass is 16.5. The molecule has 3 atom stereocenters. The van der Waals surface area contributed by atoms with Gasteiger partial charge in [-0.3, -0.25) is 19.5 Å². The summed E-state index contributed by atoms with van der Waals surface area (Å²) in [6, 6.07) is 18.3. The minimum atomic E-state index is -0.362. The summed E-state index contributed by atoms with van der Waals surface area (Å²) in [5.41, 5.74) is 2.43. The number of pyridine rings is 1. The van der Waals surface area contributed by atoms with Crippen molar-refractivity contribution in [1.82, 2.24) is 14.8 Å². The molecule has 4 rings (SSSR count). The number of carbonyl (C=O) groups is 2. The van der Waals surface area contributed by atoms with Gasteiger partial charge in [0, 0.05) is 43.5 Å². The maximum Gasteiger partial charge on any atom is 0.258 e. The number of ether oxygens (including phenoxy) is 1. The van der Waals surface area contributed by atoms with E-state index in [1.807, 2.05) is 32.2 Å². The van der Waals surface area contributed by atoms with Crippen molar-refractivity contribution >= 4 is 17.5 Å². The zero-order chi connectivity index (χ0) is 26.4. The molecule has 2 amide bonds. The van der Waals surface area contributed by atoms with E-state index in [2.05, 4.69) is 34.3 Å². The van der Waals surface area contributed by atoms with Crippen LogP contribution >= 0.6 is 0 Å². The van der Waals surface area contributed by atoms with Gasteiger partial charge in [0.05, 0.1) is 23.9 Å². The van der Waals surface area contributed by atoms with E-state index < -0.39 is 0 Å². The lowest BCUT2D eigenvalue weighted by Crippen LogP contribution is -2.49. The topological polar surface area (TPSA) is 95.0 Å². The number of nitrogens with zero attached hydrogens (tertiary/aromatic N) is 3. The fourth-order valence-corrected chi connectivity index (χ4v) is 4.52. The van der Waals surface area contributed by atoms with Crippen molar-refractivity contribution in [2.24, 2.45) is 5.92 Å². The van der Waals surface area contributed by atoms with Crippen LogP contribution in [0.25, 0.3) is 0 Å². The van der Waals surface area contributed by atoms with Gasteiger partial charge in [0.1, 0.15) is 6.10 Å². The molecule has 0 spiro atoms. The maximum atomic E-state index is 13.6. The average Bonchev–Trinajstić information content (AvgIpc) is 2.91. The number of aliphatic hydroxyl groups is 1. The van der Waals surface area contributed by atoms with E-state index in [4.69, 9.17) is 4.74 Å². The number of carbonyl (C=O) groups excluding carboxylic acids is 2. The Hall–Kier alpha value is -3.75. The molecule has 0 radical (unpaired) electrons. The lowest BCUT2D eigenvalue weighted by molar-refractivity contribution is 0.0343. The highest BCUT2D eigenvalue weighted by Crippen LogP contribution is 2.35. The number of hydrogen-bond donors (Lipinski definition) is 2. The molecule has 8 heteroatoms. The lowest BCUT2D eigenvalue weighted by Gasteiger charge is -2.38. The van der Waals surface area contributed by atoms with Gasteiger partial charge in [0.15, 0.2) is 5.75 Å². The summed E-state index contributed by atoms with van der Waals surface area (Å²) in [4.78, 5) is 34.4. The summed E-state index contributed by atoms with van der Waals surface area (Å²) in [5, 5.41) is 12.8. The van der Waals surface area contributed by atoms with Crippen LogP contribution in [0, 0.1) is 5.92 Å². The molecule has 0 bridgehead atoms. The molecule has 0 saturated carbocycles. The molecule has 2 heterocycles. The number of anilines is 1. The molecule has 2 N–H and O–H groups in total. The van der Waals surface area contributed by atoms with Gasteiger partial charge in [-0.2, -0.15) is 0 Å². The Bertz CT molecular complexity index is 1210. The van der Waals surface area contributed by atoms with Crippen molar-refractivity contribution in [3.8, 4) is 5.75 Å². The quantitative estimate of drug-likeness (QED) is 0.488. The van der Waals surface area contributed by atoms with Gasteiger partial charge in [-0.15, -0.1) is 0 Å². The minimum absolute atomic E-state index is 0.0340. The fourth-order valence-electron chi connectivity index (χ4n) is 4.52. The van der Waals surface area contributed by atoms with Crippen LogP contribution in [0.1, 0.15) is 40.1 Å². The Morgan fingerprint density at radius 1 is 1.16 bits per heavy atom. The van der Waals surface area contributed by atoms with Gasteiger partial charge in [-0.05, 0) is 43.8 Å². The van der Waals surface area contributed by atoms with Gasteiger partial charge in [-0.1, -0.05) is 43.3 Å². The number of aliphatic hydroxyl groups excluding tert-OH is 1. The second-order valence-electron chi connectivity index (χ2n) is 9.68. The number of rotatable bonds is 8. The second kappa shape index (κ2) is 12.0.